The number of aromatic nitrogens is 3. The summed E-state index contributed by atoms with van der Waals surface area (Å²) >= 11 is 1.82. The van der Waals surface area contributed by atoms with Crippen molar-refractivity contribution in [3.63, 3.8) is 0 Å². The third kappa shape index (κ3) is 5.36. The lowest BCUT2D eigenvalue weighted by Crippen LogP contribution is -2.09. The molecule has 0 spiro atoms. The number of thiophene rings is 1. The van der Waals surface area contributed by atoms with Crippen molar-refractivity contribution in [2.75, 3.05) is 4.90 Å². The fraction of sp³-hybridized carbons (Fsp3) is 0. The fourth-order valence-electron chi connectivity index (χ4n) is 7.17. The van der Waals surface area contributed by atoms with Gasteiger partial charge in [0.25, 0.3) is 0 Å². The van der Waals surface area contributed by atoms with E-state index in [1.807, 2.05) is 54.2 Å². The largest absolute Gasteiger partial charge is 0.311 e. The van der Waals surface area contributed by atoms with E-state index in [0.717, 1.165) is 72.4 Å². The molecule has 4 aromatic heterocycles. The number of hydrogen-bond acceptors (Lipinski definition) is 5. The molecular formula is C47H30N4S. The molecule has 6 aromatic carbocycles. The zero-order valence-corrected chi connectivity index (χ0v) is 28.8. The van der Waals surface area contributed by atoms with E-state index in [1.54, 1.807) is 0 Å². The average Bonchev–Trinajstić information content (AvgIpc) is 3.61. The first kappa shape index (κ1) is 30.2. The van der Waals surface area contributed by atoms with E-state index in [9.17, 15) is 0 Å². The van der Waals surface area contributed by atoms with Gasteiger partial charge in [0.05, 0.1) is 16.7 Å². The highest BCUT2D eigenvalue weighted by Gasteiger charge is 2.16. The van der Waals surface area contributed by atoms with Crippen LogP contribution in [0, 0.1) is 0 Å². The lowest BCUT2D eigenvalue weighted by molar-refractivity contribution is 1.28. The summed E-state index contributed by atoms with van der Waals surface area (Å²) in [7, 11) is 0. The third-order valence-corrected chi connectivity index (χ3v) is 10.9. The van der Waals surface area contributed by atoms with Crippen LogP contribution in [0.25, 0.3) is 75.5 Å². The molecule has 0 amide bonds. The Morgan fingerprint density at radius 2 is 0.904 bits per heavy atom. The number of pyridine rings is 3. The zero-order chi connectivity index (χ0) is 34.4. The van der Waals surface area contributed by atoms with Gasteiger partial charge in [-0.1, -0.05) is 91.0 Å². The molecule has 0 N–H and O–H groups in total. The molecule has 0 saturated heterocycles. The first-order valence-corrected chi connectivity index (χ1v) is 18.1. The van der Waals surface area contributed by atoms with Crippen LogP contribution < -0.4 is 4.90 Å². The van der Waals surface area contributed by atoms with Crippen LogP contribution in [0.15, 0.2) is 182 Å². The van der Waals surface area contributed by atoms with Crippen molar-refractivity contribution < 1.29 is 0 Å². The molecule has 0 fully saturated rings. The number of hydrogen-bond donors (Lipinski definition) is 0. The predicted octanol–water partition coefficient (Wildman–Crippen LogP) is 13.0. The first-order chi connectivity index (χ1) is 25.7. The molecule has 0 aliphatic rings. The van der Waals surface area contributed by atoms with Gasteiger partial charge in [-0.2, -0.15) is 0 Å². The minimum atomic E-state index is 0.999. The summed E-state index contributed by atoms with van der Waals surface area (Å²) in [5.41, 5.74) is 11.7. The number of rotatable bonds is 6. The Balaban J connectivity index is 1.04. The molecule has 244 valence electrons. The highest BCUT2D eigenvalue weighted by Crippen LogP contribution is 2.41. The number of fused-ring (bicyclic) bond motifs is 5. The minimum absolute atomic E-state index is 0.999. The second-order valence-corrected chi connectivity index (χ2v) is 14.0. The molecule has 10 aromatic rings. The Morgan fingerprint density at radius 3 is 1.48 bits per heavy atom. The van der Waals surface area contributed by atoms with Crippen molar-refractivity contribution in [1.29, 1.82) is 0 Å². The molecule has 5 heteroatoms. The van der Waals surface area contributed by atoms with Gasteiger partial charge >= 0.3 is 0 Å². The van der Waals surface area contributed by atoms with Crippen LogP contribution in [0.2, 0.25) is 0 Å². The molecule has 52 heavy (non-hydrogen) atoms. The molecule has 0 saturated carbocycles. The maximum Gasteiger partial charge on any atom is 0.0795 e. The Hall–Kier alpha value is -6.69. The number of nitrogens with zero attached hydrogens (tertiary/aromatic N) is 4. The topological polar surface area (TPSA) is 41.9 Å². The van der Waals surface area contributed by atoms with E-state index in [2.05, 4.69) is 144 Å². The van der Waals surface area contributed by atoms with Crippen LogP contribution >= 0.6 is 11.3 Å². The smallest absolute Gasteiger partial charge is 0.0795 e. The van der Waals surface area contributed by atoms with E-state index in [0.29, 0.717) is 0 Å². The molecule has 4 nitrogen and oxygen atoms in total. The first-order valence-electron chi connectivity index (χ1n) is 17.3. The van der Waals surface area contributed by atoms with Gasteiger partial charge in [-0.3, -0.25) is 15.0 Å². The van der Waals surface area contributed by atoms with Crippen LogP contribution in [0.4, 0.5) is 17.1 Å². The van der Waals surface area contributed by atoms with Gasteiger partial charge in [0.1, 0.15) is 0 Å². The van der Waals surface area contributed by atoms with Crippen LogP contribution in [-0.4, -0.2) is 15.0 Å². The molecule has 0 aliphatic carbocycles. The van der Waals surface area contributed by atoms with Crippen molar-refractivity contribution in [2.24, 2.45) is 0 Å². The van der Waals surface area contributed by atoms with Crippen molar-refractivity contribution in [2.45, 2.75) is 0 Å². The van der Waals surface area contributed by atoms with Gasteiger partial charge < -0.3 is 4.90 Å². The van der Waals surface area contributed by atoms with Crippen molar-refractivity contribution >= 4 is 70.4 Å². The summed E-state index contributed by atoms with van der Waals surface area (Å²) in [6.45, 7) is 0. The normalized spacial score (nSPS) is 11.5. The monoisotopic (exact) mass is 682 g/mol. The second kappa shape index (κ2) is 12.6. The SMILES string of the molecule is c1ccc2ncc(-c3ccc(N(c4ccc(-c5cnc6ccccc6c5)cc4)c4ccc(-c5nccc6sc7ccccc7c56)cc4)cc3)cc2c1. The lowest BCUT2D eigenvalue weighted by atomic mass is 10.0. The summed E-state index contributed by atoms with van der Waals surface area (Å²) in [5, 5.41) is 4.73. The predicted molar refractivity (Wildman–Crippen MR) is 219 cm³/mol. The molecule has 0 aliphatic heterocycles. The minimum Gasteiger partial charge on any atom is -0.311 e. The molecule has 0 unspecified atom stereocenters. The van der Waals surface area contributed by atoms with Crippen LogP contribution in [-0.2, 0) is 0 Å². The second-order valence-electron chi connectivity index (χ2n) is 12.9. The quantitative estimate of drug-likeness (QED) is 0.175. The van der Waals surface area contributed by atoms with E-state index in [4.69, 9.17) is 15.0 Å². The Labute approximate surface area is 305 Å². The average molecular weight is 683 g/mol. The summed E-state index contributed by atoms with van der Waals surface area (Å²) < 4.78 is 2.53. The molecule has 4 heterocycles. The molecule has 0 radical (unpaired) electrons. The zero-order valence-electron chi connectivity index (χ0n) is 28.0. The summed E-state index contributed by atoms with van der Waals surface area (Å²) in [6, 6.07) is 57.9. The molecule has 0 atom stereocenters. The van der Waals surface area contributed by atoms with Crippen molar-refractivity contribution in [3.05, 3.63) is 182 Å². The van der Waals surface area contributed by atoms with Gasteiger partial charge in [-0.05, 0) is 83.9 Å². The van der Waals surface area contributed by atoms with Gasteiger partial charge in [-0.15, -0.1) is 11.3 Å². The molecule has 10 rings (SSSR count). The van der Waals surface area contributed by atoms with E-state index in [-0.39, 0.29) is 0 Å². The van der Waals surface area contributed by atoms with Gasteiger partial charge in [0.2, 0.25) is 0 Å². The number of anilines is 3. The maximum absolute atomic E-state index is 4.89. The number of benzene rings is 6. The standard InChI is InChI=1S/C47H30N4S/c1-4-10-42-34(7-1)27-36(29-49-42)31-13-19-38(20-14-31)51(39-21-15-32(16-22-39)37-28-35-8-2-5-11-43(35)50-30-37)40-23-17-33(18-24-40)47-46-41-9-3-6-12-44(41)52-45(46)25-26-48-47/h1-30H. The van der Waals surface area contributed by atoms with Crippen molar-refractivity contribution in [3.8, 4) is 33.5 Å². The Morgan fingerprint density at radius 1 is 0.404 bits per heavy atom. The highest BCUT2D eigenvalue weighted by molar-refractivity contribution is 7.25. The fourth-order valence-corrected chi connectivity index (χ4v) is 8.27. The Bertz CT molecular complexity index is 2770. The van der Waals surface area contributed by atoms with E-state index >= 15 is 0 Å². The Kier molecular flexibility index (Phi) is 7.29. The summed E-state index contributed by atoms with van der Waals surface area (Å²) in [6.07, 6.45) is 5.84. The van der Waals surface area contributed by atoms with E-state index in [1.165, 1.54) is 20.2 Å². The van der Waals surface area contributed by atoms with Gasteiger partial charge in [-0.25, -0.2) is 0 Å². The lowest BCUT2D eigenvalue weighted by Gasteiger charge is -2.26. The third-order valence-electron chi connectivity index (χ3n) is 9.79. The van der Waals surface area contributed by atoms with Crippen LogP contribution in [0.3, 0.4) is 0 Å². The maximum atomic E-state index is 4.89. The van der Waals surface area contributed by atoms with Crippen LogP contribution in [0.1, 0.15) is 0 Å². The summed E-state index contributed by atoms with van der Waals surface area (Å²) in [5.74, 6) is 0. The molecule has 0 bridgehead atoms. The van der Waals surface area contributed by atoms with E-state index < -0.39 is 0 Å². The molecular weight excluding hydrogens is 653 g/mol. The van der Waals surface area contributed by atoms with Crippen LogP contribution in [0.5, 0.6) is 0 Å². The van der Waals surface area contributed by atoms with Crippen molar-refractivity contribution in [1.82, 2.24) is 15.0 Å². The number of para-hydroxylation sites is 2. The summed E-state index contributed by atoms with van der Waals surface area (Å²) in [4.78, 5) is 16.6. The highest BCUT2D eigenvalue weighted by atomic mass is 32.1. The van der Waals surface area contributed by atoms with Gasteiger partial charge in [0.15, 0.2) is 0 Å². The van der Waals surface area contributed by atoms with Gasteiger partial charge in [0, 0.05) is 83.3 Å².